The Labute approximate surface area is 305 Å². The molecule has 52 heavy (non-hydrogen) atoms. The highest BCUT2D eigenvalue weighted by Crippen LogP contribution is 2.47. The van der Waals surface area contributed by atoms with Crippen LogP contribution >= 0.6 is 0 Å². The second kappa shape index (κ2) is 11.3. The summed E-state index contributed by atoms with van der Waals surface area (Å²) >= 11 is 0. The normalized spacial score (nSPS) is 15.1. The summed E-state index contributed by atoms with van der Waals surface area (Å²) in [5.74, 6) is 0. The van der Waals surface area contributed by atoms with Crippen LogP contribution in [0.3, 0.4) is 0 Å². The summed E-state index contributed by atoms with van der Waals surface area (Å²) in [6, 6.07) is 58.5. The van der Waals surface area contributed by atoms with Gasteiger partial charge in [0, 0.05) is 32.9 Å². The Balaban J connectivity index is 1.07. The highest BCUT2D eigenvalue weighted by molar-refractivity contribution is 6.11. The van der Waals surface area contributed by atoms with Crippen molar-refractivity contribution in [3.63, 3.8) is 0 Å². The van der Waals surface area contributed by atoms with Gasteiger partial charge >= 0.3 is 0 Å². The van der Waals surface area contributed by atoms with Crippen molar-refractivity contribution in [3.8, 4) is 33.6 Å². The molecule has 2 heteroatoms. The summed E-state index contributed by atoms with van der Waals surface area (Å²) in [5.41, 5.74) is 15.6. The van der Waals surface area contributed by atoms with E-state index in [1.54, 1.807) is 0 Å². The third kappa shape index (κ3) is 4.70. The van der Waals surface area contributed by atoms with Gasteiger partial charge in [0.15, 0.2) is 0 Å². The molecule has 0 saturated carbocycles. The van der Waals surface area contributed by atoms with Crippen LogP contribution in [0.4, 0.5) is 0 Å². The van der Waals surface area contributed by atoms with Crippen LogP contribution in [0.15, 0.2) is 158 Å². The van der Waals surface area contributed by atoms with Crippen molar-refractivity contribution in [1.29, 1.82) is 0 Å². The highest BCUT2D eigenvalue weighted by atomic mass is 15.0. The summed E-state index contributed by atoms with van der Waals surface area (Å²) in [7, 11) is 0. The van der Waals surface area contributed by atoms with Gasteiger partial charge in [0.25, 0.3) is 0 Å². The standard InChI is InChI=1S/C50H42N2/c1-49(2)28-29-50(3,4)44-32-38(24-25-43(44)49)52-46-17-11-9-15-40(46)42-31-36(21-27-48(42)52)34-18-22-37(23-19-34)51-45-16-10-8-14-39(45)41-30-35(20-26-47(41)51)33-12-6-5-7-13-33/h5-27,30-32H,28-29H2,1-4H3. The molecule has 0 amide bonds. The number of aromatic nitrogens is 2. The van der Waals surface area contributed by atoms with Crippen molar-refractivity contribution in [2.24, 2.45) is 0 Å². The first-order valence-electron chi connectivity index (χ1n) is 18.6. The number of rotatable bonds is 4. The maximum atomic E-state index is 2.48. The van der Waals surface area contributed by atoms with Crippen molar-refractivity contribution in [1.82, 2.24) is 9.13 Å². The van der Waals surface area contributed by atoms with E-state index in [4.69, 9.17) is 0 Å². The number of nitrogens with zero attached hydrogens (tertiary/aromatic N) is 2. The molecule has 0 saturated heterocycles. The molecule has 0 N–H and O–H groups in total. The average molecular weight is 671 g/mol. The molecule has 9 aromatic rings. The Bertz CT molecular complexity index is 2830. The van der Waals surface area contributed by atoms with E-state index < -0.39 is 0 Å². The van der Waals surface area contributed by atoms with Gasteiger partial charge in [-0.3, -0.25) is 0 Å². The minimum Gasteiger partial charge on any atom is -0.309 e. The maximum absolute atomic E-state index is 2.48. The fourth-order valence-electron chi connectivity index (χ4n) is 9.01. The molecular weight excluding hydrogens is 629 g/mol. The summed E-state index contributed by atoms with van der Waals surface area (Å²) in [6.45, 7) is 9.63. The van der Waals surface area contributed by atoms with Gasteiger partial charge in [-0.15, -0.1) is 0 Å². The Morgan fingerprint density at radius 3 is 1.38 bits per heavy atom. The zero-order chi connectivity index (χ0) is 35.2. The zero-order valence-corrected chi connectivity index (χ0v) is 30.3. The quantitative estimate of drug-likeness (QED) is 0.176. The van der Waals surface area contributed by atoms with Gasteiger partial charge in [-0.05, 0) is 118 Å². The van der Waals surface area contributed by atoms with Crippen molar-refractivity contribution in [3.05, 3.63) is 169 Å². The molecule has 0 unspecified atom stereocenters. The lowest BCUT2D eigenvalue weighted by Gasteiger charge is -2.42. The number of hydrogen-bond donors (Lipinski definition) is 0. The molecule has 1 aliphatic rings. The zero-order valence-electron chi connectivity index (χ0n) is 30.3. The predicted molar refractivity (Wildman–Crippen MR) is 221 cm³/mol. The van der Waals surface area contributed by atoms with Gasteiger partial charge in [0.1, 0.15) is 0 Å². The molecule has 2 aromatic heterocycles. The second-order valence-electron chi connectivity index (χ2n) is 16.1. The summed E-state index contributed by atoms with van der Waals surface area (Å²) in [5, 5.41) is 5.11. The Hall–Kier alpha value is -5.86. The number of fused-ring (bicyclic) bond motifs is 7. The van der Waals surface area contributed by atoms with E-state index in [0.717, 1.165) is 0 Å². The van der Waals surface area contributed by atoms with Crippen LogP contribution in [0, 0.1) is 0 Å². The lowest BCUT2D eigenvalue weighted by Crippen LogP contribution is -2.33. The lowest BCUT2D eigenvalue weighted by atomic mass is 9.63. The second-order valence-corrected chi connectivity index (χ2v) is 16.1. The third-order valence-corrected chi connectivity index (χ3v) is 12.0. The van der Waals surface area contributed by atoms with Gasteiger partial charge in [-0.2, -0.15) is 0 Å². The molecule has 0 radical (unpaired) electrons. The van der Waals surface area contributed by atoms with Gasteiger partial charge < -0.3 is 9.13 Å². The highest BCUT2D eigenvalue weighted by Gasteiger charge is 2.37. The van der Waals surface area contributed by atoms with Crippen LogP contribution in [-0.4, -0.2) is 9.13 Å². The first-order valence-corrected chi connectivity index (χ1v) is 18.6. The van der Waals surface area contributed by atoms with E-state index in [-0.39, 0.29) is 10.8 Å². The topological polar surface area (TPSA) is 9.86 Å². The van der Waals surface area contributed by atoms with Crippen LogP contribution in [-0.2, 0) is 10.8 Å². The fourth-order valence-corrected chi connectivity index (χ4v) is 9.01. The average Bonchev–Trinajstić information content (AvgIpc) is 3.69. The Morgan fingerprint density at radius 2 is 0.788 bits per heavy atom. The fraction of sp³-hybridized carbons (Fsp3) is 0.160. The first-order chi connectivity index (χ1) is 25.3. The Kier molecular flexibility index (Phi) is 6.73. The first kappa shape index (κ1) is 30.9. The van der Waals surface area contributed by atoms with E-state index in [2.05, 4.69) is 195 Å². The van der Waals surface area contributed by atoms with Gasteiger partial charge in [-0.25, -0.2) is 0 Å². The van der Waals surface area contributed by atoms with E-state index >= 15 is 0 Å². The van der Waals surface area contributed by atoms with Crippen molar-refractivity contribution in [2.45, 2.75) is 51.4 Å². The molecule has 0 aliphatic heterocycles. The van der Waals surface area contributed by atoms with E-state index in [1.807, 2.05) is 0 Å². The van der Waals surface area contributed by atoms with E-state index in [1.165, 1.54) is 101 Å². The molecular formula is C50H42N2. The third-order valence-electron chi connectivity index (χ3n) is 12.0. The lowest BCUT2D eigenvalue weighted by molar-refractivity contribution is 0.332. The van der Waals surface area contributed by atoms with E-state index in [9.17, 15) is 0 Å². The molecule has 2 nitrogen and oxygen atoms in total. The molecule has 0 spiro atoms. The maximum Gasteiger partial charge on any atom is 0.0541 e. The molecule has 1 aliphatic carbocycles. The Morgan fingerprint density at radius 1 is 0.346 bits per heavy atom. The molecule has 2 heterocycles. The van der Waals surface area contributed by atoms with Crippen LogP contribution in [0.2, 0.25) is 0 Å². The van der Waals surface area contributed by atoms with Crippen molar-refractivity contribution in [2.75, 3.05) is 0 Å². The minimum atomic E-state index is 0.156. The molecule has 7 aromatic carbocycles. The predicted octanol–water partition coefficient (Wildman–Crippen LogP) is 13.6. The van der Waals surface area contributed by atoms with Gasteiger partial charge in [-0.1, -0.05) is 125 Å². The number of benzene rings is 7. The summed E-state index contributed by atoms with van der Waals surface area (Å²) in [4.78, 5) is 0. The smallest absolute Gasteiger partial charge is 0.0541 e. The monoisotopic (exact) mass is 670 g/mol. The molecule has 0 fully saturated rings. The summed E-state index contributed by atoms with van der Waals surface area (Å²) in [6.07, 6.45) is 2.43. The van der Waals surface area contributed by atoms with Crippen LogP contribution in [0.5, 0.6) is 0 Å². The largest absolute Gasteiger partial charge is 0.309 e. The summed E-state index contributed by atoms with van der Waals surface area (Å²) < 4.78 is 4.88. The number of hydrogen-bond acceptors (Lipinski definition) is 0. The van der Waals surface area contributed by atoms with Crippen molar-refractivity contribution >= 4 is 43.6 Å². The minimum absolute atomic E-state index is 0.156. The van der Waals surface area contributed by atoms with Crippen LogP contribution in [0.25, 0.3) is 77.2 Å². The molecule has 0 bridgehead atoms. The molecule has 252 valence electrons. The molecule has 0 atom stereocenters. The van der Waals surface area contributed by atoms with Gasteiger partial charge in [0.2, 0.25) is 0 Å². The SMILES string of the molecule is CC1(C)CCC(C)(C)c2cc(-n3c4ccccc4c4cc(-c5ccc(-n6c7ccccc7c7cc(-c8ccccc8)ccc76)cc5)ccc43)ccc21. The van der Waals surface area contributed by atoms with Gasteiger partial charge in [0.05, 0.1) is 22.1 Å². The number of para-hydroxylation sites is 2. The van der Waals surface area contributed by atoms with Crippen LogP contribution < -0.4 is 0 Å². The van der Waals surface area contributed by atoms with Crippen LogP contribution in [0.1, 0.15) is 51.7 Å². The molecule has 10 rings (SSSR count). The van der Waals surface area contributed by atoms with E-state index in [0.29, 0.717) is 0 Å². The van der Waals surface area contributed by atoms with Crippen molar-refractivity contribution < 1.29 is 0 Å².